The molecule has 0 spiro atoms. The number of benzene rings is 2. The Bertz CT molecular complexity index is 691. The minimum absolute atomic E-state index is 0.158. The highest BCUT2D eigenvalue weighted by molar-refractivity contribution is 6.35. The maximum Gasteiger partial charge on any atom is 0.256 e. The lowest BCUT2D eigenvalue weighted by Gasteiger charge is -2.18. The van der Waals surface area contributed by atoms with Crippen LogP contribution in [0.2, 0.25) is 10.0 Å². The third-order valence-corrected chi connectivity index (χ3v) is 3.54. The zero-order valence-electron chi connectivity index (χ0n) is 11.0. The summed E-state index contributed by atoms with van der Waals surface area (Å²) in [6.45, 7) is 0.158. The van der Waals surface area contributed by atoms with Crippen LogP contribution in [0, 0.1) is 11.6 Å². The lowest BCUT2D eigenvalue weighted by atomic mass is 10.1. The molecule has 0 unspecified atom stereocenters. The molecule has 0 radical (unpaired) electrons. The summed E-state index contributed by atoms with van der Waals surface area (Å²) >= 11 is 11.8. The van der Waals surface area contributed by atoms with Gasteiger partial charge in [-0.2, -0.15) is 0 Å². The molecule has 110 valence electrons. The number of halogens is 4. The zero-order valence-corrected chi connectivity index (χ0v) is 12.6. The highest BCUT2D eigenvalue weighted by Crippen LogP contribution is 2.23. The van der Waals surface area contributed by atoms with Gasteiger partial charge in [-0.15, -0.1) is 0 Å². The average Bonchev–Trinajstić information content (AvgIpc) is 2.44. The lowest BCUT2D eigenvalue weighted by Crippen LogP contribution is -2.27. The van der Waals surface area contributed by atoms with Crippen LogP contribution in [-0.4, -0.2) is 17.9 Å². The predicted molar refractivity (Wildman–Crippen MR) is 78.6 cm³/mol. The Kier molecular flexibility index (Phi) is 4.80. The molecule has 0 heterocycles. The van der Waals surface area contributed by atoms with E-state index in [1.54, 1.807) is 18.2 Å². The van der Waals surface area contributed by atoms with Gasteiger partial charge in [-0.3, -0.25) is 4.79 Å². The van der Waals surface area contributed by atoms with Crippen molar-refractivity contribution in [3.63, 3.8) is 0 Å². The molecule has 2 nitrogen and oxygen atoms in total. The number of hydrogen-bond acceptors (Lipinski definition) is 1. The molecule has 0 aliphatic heterocycles. The summed E-state index contributed by atoms with van der Waals surface area (Å²) in [7, 11) is 1.48. The molecule has 0 saturated heterocycles. The minimum Gasteiger partial charge on any atom is -0.337 e. The van der Waals surface area contributed by atoms with Gasteiger partial charge in [0.05, 0.1) is 5.56 Å². The predicted octanol–water partition coefficient (Wildman–Crippen LogP) is 4.54. The smallest absolute Gasteiger partial charge is 0.256 e. The van der Waals surface area contributed by atoms with Gasteiger partial charge in [0.1, 0.15) is 0 Å². The molecule has 2 rings (SSSR count). The van der Waals surface area contributed by atoms with E-state index in [0.717, 1.165) is 6.07 Å². The molecular weight excluding hydrogens is 319 g/mol. The molecule has 0 bridgehead atoms. The van der Waals surface area contributed by atoms with Crippen molar-refractivity contribution in [3.05, 3.63) is 69.2 Å². The second kappa shape index (κ2) is 6.41. The van der Waals surface area contributed by atoms with Crippen LogP contribution in [0.1, 0.15) is 15.9 Å². The first-order valence-electron chi connectivity index (χ1n) is 6.03. The quantitative estimate of drug-likeness (QED) is 0.809. The Morgan fingerprint density at radius 2 is 1.90 bits per heavy atom. The Morgan fingerprint density at radius 1 is 1.19 bits per heavy atom. The van der Waals surface area contributed by atoms with Crippen LogP contribution in [0.5, 0.6) is 0 Å². The summed E-state index contributed by atoms with van der Waals surface area (Å²) in [5, 5.41) is 0.885. The van der Waals surface area contributed by atoms with E-state index in [2.05, 4.69) is 0 Å². The van der Waals surface area contributed by atoms with Gasteiger partial charge in [-0.1, -0.05) is 35.3 Å². The fourth-order valence-corrected chi connectivity index (χ4v) is 2.32. The fourth-order valence-electron chi connectivity index (χ4n) is 1.85. The Morgan fingerprint density at radius 3 is 2.57 bits per heavy atom. The number of rotatable bonds is 3. The largest absolute Gasteiger partial charge is 0.337 e. The normalized spacial score (nSPS) is 10.5. The zero-order chi connectivity index (χ0) is 15.6. The van der Waals surface area contributed by atoms with Crippen molar-refractivity contribution < 1.29 is 13.6 Å². The van der Waals surface area contributed by atoms with Crippen LogP contribution in [0.3, 0.4) is 0 Å². The molecule has 0 aliphatic carbocycles. The second-order valence-electron chi connectivity index (χ2n) is 4.50. The van der Waals surface area contributed by atoms with Crippen LogP contribution in [0.4, 0.5) is 8.78 Å². The van der Waals surface area contributed by atoms with Gasteiger partial charge in [0, 0.05) is 23.6 Å². The van der Waals surface area contributed by atoms with Crippen molar-refractivity contribution in [2.24, 2.45) is 0 Å². The highest BCUT2D eigenvalue weighted by atomic mass is 35.5. The lowest BCUT2D eigenvalue weighted by molar-refractivity contribution is 0.0779. The summed E-state index contributed by atoms with van der Waals surface area (Å²) in [5.74, 6) is -2.84. The van der Waals surface area contributed by atoms with Crippen LogP contribution < -0.4 is 0 Å². The van der Waals surface area contributed by atoms with Gasteiger partial charge < -0.3 is 4.90 Å². The third kappa shape index (κ3) is 3.52. The molecule has 0 aliphatic rings. The average molecular weight is 330 g/mol. The second-order valence-corrected chi connectivity index (χ2v) is 5.34. The first-order chi connectivity index (χ1) is 9.90. The highest BCUT2D eigenvalue weighted by Gasteiger charge is 2.19. The van der Waals surface area contributed by atoms with Crippen molar-refractivity contribution in [2.45, 2.75) is 6.54 Å². The van der Waals surface area contributed by atoms with Crippen molar-refractivity contribution in [3.8, 4) is 0 Å². The molecule has 0 atom stereocenters. The summed E-state index contributed by atoms with van der Waals surface area (Å²) < 4.78 is 26.8. The van der Waals surface area contributed by atoms with Crippen molar-refractivity contribution in [1.29, 1.82) is 0 Å². The SMILES string of the molecule is CN(Cc1ccc(Cl)cc1Cl)C(=O)c1cccc(F)c1F. The molecule has 0 fully saturated rings. The van der Waals surface area contributed by atoms with Crippen molar-refractivity contribution in [2.75, 3.05) is 7.05 Å². The molecule has 0 N–H and O–H groups in total. The van der Waals surface area contributed by atoms with Crippen LogP contribution in [-0.2, 0) is 6.54 Å². The molecule has 6 heteroatoms. The molecule has 2 aromatic carbocycles. The van der Waals surface area contributed by atoms with Crippen molar-refractivity contribution in [1.82, 2.24) is 4.90 Å². The summed E-state index contributed by atoms with van der Waals surface area (Å²) in [5.41, 5.74) is 0.344. The maximum atomic E-state index is 13.6. The van der Waals surface area contributed by atoms with Crippen molar-refractivity contribution >= 4 is 29.1 Å². The molecule has 1 amide bonds. The third-order valence-electron chi connectivity index (χ3n) is 2.95. The Balaban J connectivity index is 2.21. The number of amides is 1. The first kappa shape index (κ1) is 15.7. The van der Waals surface area contributed by atoms with E-state index in [-0.39, 0.29) is 12.1 Å². The van der Waals surface area contributed by atoms with Crippen LogP contribution in [0.15, 0.2) is 36.4 Å². The molecule has 0 aromatic heterocycles. The number of carbonyl (C=O) groups excluding carboxylic acids is 1. The number of carbonyl (C=O) groups is 1. The monoisotopic (exact) mass is 329 g/mol. The van der Waals surface area contributed by atoms with Crippen LogP contribution in [0.25, 0.3) is 0 Å². The van der Waals surface area contributed by atoms with E-state index in [9.17, 15) is 13.6 Å². The number of nitrogens with zero attached hydrogens (tertiary/aromatic N) is 1. The van der Waals surface area contributed by atoms with E-state index in [1.165, 1.54) is 24.1 Å². The van der Waals surface area contributed by atoms with Gasteiger partial charge in [0.25, 0.3) is 5.91 Å². The Hall–Kier alpha value is -1.65. The molecule has 21 heavy (non-hydrogen) atoms. The Labute approximate surface area is 130 Å². The van der Waals surface area contributed by atoms with E-state index in [4.69, 9.17) is 23.2 Å². The van der Waals surface area contributed by atoms with Gasteiger partial charge >= 0.3 is 0 Å². The van der Waals surface area contributed by atoms with Gasteiger partial charge in [0.2, 0.25) is 0 Å². The van der Waals surface area contributed by atoms with E-state index in [0.29, 0.717) is 15.6 Å². The van der Waals surface area contributed by atoms with Gasteiger partial charge in [-0.05, 0) is 29.8 Å². The van der Waals surface area contributed by atoms with E-state index >= 15 is 0 Å². The van der Waals surface area contributed by atoms with Crippen LogP contribution >= 0.6 is 23.2 Å². The summed E-state index contributed by atoms with van der Waals surface area (Å²) in [4.78, 5) is 13.4. The number of hydrogen-bond donors (Lipinski definition) is 0. The van der Waals surface area contributed by atoms with E-state index in [1.807, 2.05) is 0 Å². The molecule has 2 aromatic rings. The van der Waals surface area contributed by atoms with E-state index < -0.39 is 17.5 Å². The van der Waals surface area contributed by atoms with Gasteiger partial charge in [-0.25, -0.2) is 8.78 Å². The van der Waals surface area contributed by atoms with Gasteiger partial charge in [0.15, 0.2) is 11.6 Å². The summed E-state index contributed by atoms with van der Waals surface area (Å²) in [6.07, 6.45) is 0. The molecular formula is C15H11Cl2F2NO. The topological polar surface area (TPSA) is 20.3 Å². The standard InChI is InChI=1S/C15H11Cl2F2NO/c1-20(8-9-5-6-10(16)7-12(9)17)15(21)11-3-2-4-13(18)14(11)19/h2-7H,8H2,1H3. The minimum atomic E-state index is -1.16. The summed E-state index contributed by atoms with van der Waals surface area (Å²) in [6, 6.07) is 8.36. The molecule has 0 saturated carbocycles. The first-order valence-corrected chi connectivity index (χ1v) is 6.79. The maximum absolute atomic E-state index is 13.6. The fraction of sp³-hybridized carbons (Fsp3) is 0.133.